The monoisotopic (exact) mass is 495 g/mol. The van der Waals surface area contributed by atoms with Crippen molar-refractivity contribution in [2.45, 2.75) is 45.3 Å². The van der Waals surface area contributed by atoms with Crippen LogP contribution in [-0.4, -0.2) is 64.8 Å². The minimum absolute atomic E-state index is 0.0301. The van der Waals surface area contributed by atoms with E-state index in [1.165, 1.54) is 6.33 Å². The van der Waals surface area contributed by atoms with Gasteiger partial charge in [0, 0.05) is 44.1 Å². The normalized spacial score (nSPS) is 15.9. The van der Waals surface area contributed by atoms with E-state index in [-0.39, 0.29) is 18.0 Å². The molecular formula is C27H34FN5O3. The van der Waals surface area contributed by atoms with E-state index in [2.05, 4.69) is 26.7 Å². The Morgan fingerprint density at radius 3 is 2.50 bits per heavy atom. The van der Waals surface area contributed by atoms with Crippen LogP contribution in [0.2, 0.25) is 0 Å². The molecule has 3 aromatic rings. The lowest BCUT2D eigenvalue weighted by molar-refractivity contribution is -0.131. The molecule has 0 radical (unpaired) electrons. The Balaban J connectivity index is 0.000000455. The molecule has 0 amide bonds. The summed E-state index contributed by atoms with van der Waals surface area (Å²) in [4.78, 5) is 22.5. The molecule has 8 nitrogen and oxygen atoms in total. The van der Waals surface area contributed by atoms with Gasteiger partial charge in [-0.25, -0.2) is 14.4 Å². The summed E-state index contributed by atoms with van der Waals surface area (Å²) in [5, 5.41) is 0. The Morgan fingerprint density at radius 2 is 1.89 bits per heavy atom. The molecule has 9 heteroatoms. The highest BCUT2D eigenvalue weighted by Gasteiger charge is 2.29. The summed E-state index contributed by atoms with van der Waals surface area (Å²) >= 11 is 0. The highest BCUT2D eigenvalue weighted by Crippen LogP contribution is 2.39. The van der Waals surface area contributed by atoms with Crippen LogP contribution in [-0.2, 0) is 23.0 Å². The van der Waals surface area contributed by atoms with Gasteiger partial charge in [-0.2, -0.15) is 0 Å². The van der Waals surface area contributed by atoms with E-state index in [0.717, 1.165) is 55.0 Å². The molecule has 0 saturated carbocycles. The highest BCUT2D eigenvalue weighted by atomic mass is 19.1. The van der Waals surface area contributed by atoms with Crippen LogP contribution in [0.1, 0.15) is 32.3 Å². The molecule has 1 aromatic carbocycles. The number of rotatable bonds is 6. The lowest BCUT2D eigenvalue weighted by atomic mass is 10.1. The summed E-state index contributed by atoms with van der Waals surface area (Å²) < 4.78 is 27.7. The number of likely N-dealkylation sites (tertiary alicyclic amines) is 1. The number of aryl methyl sites for hydroxylation is 1. The van der Waals surface area contributed by atoms with Crippen molar-refractivity contribution < 1.29 is 18.7 Å². The quantitative estimate of drug-likeness (QED) is 0.471. The Labute approximate surface area is 211 Å². The second-order valence-corrected chi connectivity index (χ2v) is 9.45. The smallest absolute Gasteiger partial charge is 0.293 e. The molecule has 0 atom stereocenters. The molecule has 192 valence electrons. The minimum Gasteiger partial charge on any atom is -0.474 e. The zero-order valence-electron chi connectivity index (χ0n) is 21.4. The van der Waals surface area contributed by atoms with Crippen LogP contribution in [0.25, 0.3) is 11.3 Å². The lowest BCUT2D eigenvalue weighted by Gasteiger charge is -2.29. The molecule has 0 unspecified atom stereocenters. The zero-order chi connectivity index (χ0) is 25.7. The molecule has 1 fully saturated rings. The van der Waals surface area contributed by atoms with Gasteiger partial charge in [-0.3, -0.25) is 4.79 Å². The largest absolute Gasteiger partial charge is 0.474 e. The molecule has 0 aliphatic carbocycles. The molecule has 0 N–H and O–H groups in total. The number of nitrogens with zero attached hydrogens (tertiary/aromatic N) is 5. The Morgan fingerprint density at radius 1 is 1.11 bits per heavy atom. The average molecular weight is 496 g/mol. The SMILES string of the molecule is CC(C)OC=O.CN1CCC(Oc2ncnc3c2CCN3c2ccc(-c3cccn3C)cc2F)CC1. The van der Waals surface area contributed by atoms with Crippen LogP contribution in [0.4, 0.5) is 15.9 Å². The Kier molecular flexibility index (Phi) is 8.20. The Bertz CT molecular complexity index is 1170. The van der Waals surface area contributed by atoms with Crippen molar-refractivity contribution in [1.29, 1.82) is 0 Å². The molecule has 36 heavy (non-hydrogen) atoms. The van der Waals surface area contributed by atoms with Crippen LogP contribution in [0.3, 0.4) is 0 Å². The van der Waals surface area contributed by atoms with Crippen molar-refractivity contribution in [2.24, 2.45) is 7.05 Å². The fraction of sp³-hybridized carbons (Fsp3) is 0.444. The van der Waals surface area contributed by atoms with Crippen molar-refractivity contribution in [3.8, 4) is 17.1 Å². The summed E-state index contributed by atoms with van der Waals surface area (Å²) in [5.74, 6) is 1.15. The molecule has 0 bridgehead atoms. The van der Waals surface area contributed by atoms with Gasteiger partial charge in [-0.15, -0.1) is 0 Å². The number of ether oxygens (including phenoxy) is 2. The summed E-state index contributed by atoms with van der Waals surface area (Å²) in [6, 6.07) is 9.34. The molecular weight excluding hydrogens is 461 g/mol. The third-order valence-corrected chi connectivity index (χ3v) is 6.47. The van der Waals surface area contributed by atoms with Crippen molar-refractivity contribution in [1.82, 2.24) is 19.4 Å². The van der Waals surface area contributed by atoms with E-state index in [1.807, 2.05) is 47.0 Å². The standard InChI is InChI=1S/C23H26FN5O.C4H8O2/c1-27-11-7-17(8-12-27)30-23-18-9-13-29(22(18)25-15-26-23)21-6-5-16(14-19(21)24)20-4-3-10-28(20)2;1-4(2)6-3-5/h3-6,10,14-15,17H,7-9,11-13H2,1-2H3;3-4H,1-2H3. The third-order valence-electron chi connectivity index (χ3n) is 6.47. The van der Waals surface area contributed by atoms with Crippen molar-refractivity contribution in [2.75, 3.05) is 31.6 Å². The first kappa shape index (κ1) is 25.6. The second kappa shape index (κ2) is 11.5. The van der Waals surface area contributed by atoms with Crippen LogP contribution < -0.4 is 9.64 Å². The fourth-order valence-corrected chi connectivity index (χ4v) is 4.52. The van der Waals surface area contributed by atoms with Crippen LogP contribution in [0.15, 0.2) is 42.9 Å². The summed E-state index contributed by atoms with van der Waals surface area (Å²) in [7, 11) is 4.09. The molecule has 5 rings (SSSR count). The number of piperidine rings is 1. The number of carbonyl (C=O) groups excluding carboxylic acids is 1. The molecule has 2 aromatic heterocycles. The zero-order valence-corrected chi connectivity index (χ0v) is 21.4. The van der Waals surface area contributed by atoms with E-state index in [9.17, 15) is 4.79 Å². The van der Waals surface area contributed by atoms with Gasteiger partial charge in [0.2, 0.25) is 5.88 Å². The van der Waals surface area contributed by atoms with Gasteiger partial charge in [0.1, 0.15) is 24.1 Å². The third kappa shape index (κ3) is 5.84. The molecule has 2 aliphatic heterocycles. The maximum atomic E-state index is 15.1. The topological polar surface area (TPSA) is 72.7 Å². The first-order chi connectivity index (χ1) is 17.4. The van der Waals surface area contributed by atoms with Gasteiger partial charge < -0.3 is 23.8 Å². The number of hydrogen-bond donors (Lipinski definition) is 0. The fourth-order valence-electron chi connectivity index (χ4n) is 4.52. The summed E-state index contributed by atoms with van der Waals surface area (Å²) in [6.45, 7) is 6.78. The number of carbonyl (C=O) groups is 1. The maximum Gasteiger partial charge on any atom is 0.293 e. The highest BCUT2D eigenvalue weighted by molar-refractivity contribution is 5.71. The van der Waals surface area contributed by atoms with Gasteiger partial charge in [-0.05, 0) is 64.4 Å². The number of hydrogen-bond acceptors (Lipinski definition) is 7. The predicted molar refractivity (Wildman–Crippen MR) is 137 cm³/mol. The van der Waals surface area contributed by atoms with E-state index in [1.54, 1.807) is 19.9 Å². The second-order valence-electron chi connectivity index (χ2n) is 9.45. The number of anilines is 2. The van der Waals surface area contributed by atoms with Crippen molar-refractivity contribution >= 4 is 18.0 Å². The van der Waals surface area contributed by atoms with E-state index >= 15 is 4.39 Å². The predicted octanol–water partition coefficient (Wildman–Crippen LogP) is 4.36. The summed E-state index contributed by atoms with van der Waals surface area (Å²) in [5.41, 5.74) is 3.36. The minimum atomic E-state index is -0.252. The van der Waals surface area contributed by atoms with Gasteiger partial charge in [-0.1, -0.05) is 6.07 Å². The van der Waals surface area contributed by atoms with Gasteiger partial charge >= 0.3 is 0 Å². The van der Waals surface area contributed by atoms with Gasteiger partial charge in [0.15, 0.2) is 0 Å². The van der Waals surface area contributed by atoms with Crippen LogP contribution in [0.5, 0.6) is 5.88 Å². The van der Waals surface area contributed by atoms with Crippen molar-refractivity contribution in [3.63, 3.8) is 0 Å². The molecule has 2 aliphatic rings. The van der Waals surface area contributed by atoms with E-state index in [0.29, 0.717) is 24.6 Å². The Hall–Kier alpha value is -3.46. The van der Waals surface area contributed by atoms with Gasteiger partial charge in [0.05, 0.1) is 17.4 Å². The van der Waals surface area contributed by atoms with Gasteiger partial charge in [0.25, 0.3) is 6.47 Å². The number of halogens is 1. The van der Waals surface area contributed by atoms with E-state index in [4.69, 9.17) is 4.74 Å². The maximum absolute atomic E-state index is 15.1. The number of benzene rings is 1. The average Bonchev–Trinajstić information content (AvgIpc) is 3.48. The number of aromatic nitrogens is 3. The van der Waals surface area contributed by atoms with Crippen LogP contribution in [0, 0.1) is 5.82 Å². The first-order valence-corrected chi connectivity index (χ1v) is 12.3. The van der Waals surface area contributed by atoms with E-state index < -0.39 is 0 Å². The molecule has 1 saturated heterocycles. The molecule has 4 heterocycles. The lowest BCUT2D eigenvalue weighted by Crippen LogP contribution is -2.35. The molecule has 0 spiro atoms. The summed E-state index contributed by atoms with van der Waals surface area (Å²) in [6.07, 6.45) is 6.43. The first-order valence-electron chi connectivity index (χ1n) is 12.3. The van der Waals surface area contributed by atoms with Crippen LogP contribution >= 0.6 is 0 Å². The van der Waals surface area contributed by atoms with Crippen molar-refractivity contribution in [3.05, 3.63) is 54.2 Å². The number of fused-ring (bicyclic) bond motifs is 1.